The minimum absolute atomic E-state index is 0.195. The number of thiophene rings is 1. The number of nitrogens with zero attached hydrogens (tertiary/aromatic N) is 3. The molecule has 1 atom stereocenters. The van der Waals surface area contributed by atoms with E-state index in [2.05, 4.69) is 15.4 Å². The number of rotatable bonds is 5. The number of benzene rings is 1. The van der Waals surface area contributed by atoms with E-state index in [0.717, 1.165) is 17.0 Å². The number of nitrogens with one attached hydrogen (secondary N) is 1. The van der Waals surface area contributed by atoms with E-state index in [1.54, 1.807) is 24.7 Å². The number of amides is 1. The molecule has 0 aliphatic carbocycles. The van der Waals surface area contributed by atoms with Crippen LogP contribution in [0.2, 0.25) is 0 Å². The minimum atomic E-state index is -1.31. The molecule has 0 aliphatic heterocycles. The van der Waals surface area contributed by atoms with E-state index >= 15 is 0 Å². The van der Waals surface area contributed by atoms with Gasteiger partial charge in [-0.25, -0.2) is 18.6 Å². The van der Waals surface area contributed by atoms with Crippen LogP contribution in [0.5, 0.6) is 0 Å². The summed E-state index contributed by atoms with van der Waals surface area (Å²) < 4.78 is 34.6. The number of ether oxygens (including phenoxy) is 1. The van der Waals surface area contributed by atoms with Crippen LogP contribution in [0.15, 0.2) is 41.8 Å². The molecule has 1 aromatic carbocycles. The molecule has 4 aromatic rings. The van der Waals surface area contributed by atoms with Gasteiger partial charge in [0.2, 0.25) is 0 Å². The fourth-order valence-electron chi connectivity index (χ4n) is 3.28. The zero-order chi connectivity index (χ0) is 23.0. The van der Waals surface area contributed by atoms with Crippen LogP contribution < -0.4 is 5.32 Å². The second kappa shape index (κ2) is 8.46. The third-order valence-electron chi connectivity index (χ3n) is 4.83. The number of esters is 1. The van der Waals surface area contributed by atoms with Gasteiger partial charge in [-0.3, -0.25) is 9.48 Å². The number of hydrogen-bond donors (Lipinski definition) is 1. The van der Waals surface area contributed by atoms with E-state index < -0.39 is 35.3 Å². The van der Waals surface area contributed by atoms with Crippen molar-refractivity contribution < 1.29 is 23.1 Å². The van der Waals surface area contributed by atoms with Crippen molar-refractivity contribution in [2.24, 2.45) is 7.05 Å². The standard InChI is InChI=1S/C22H18F2N4O3S/c1-11-18-13(10-16(17-8-5-9-32-17)25-20(18)28(3)27-11)22(30)31-12(2)21(29)26-19-14(23)6-4-7-15(19)24/h4-10,12H,1-3H3,(H,26,29). The largest absolute Gasteiger partial charge is 0.449 e. The van der Waals surface area contributed by atoms with Crippen LogP contribution in [-0.4, -0.2) is 32.7 Å². The van der Waals surface area contributed by atoms with Gasteiger partial charge in [-0.05, 0) is 43.5 Å². The summed E-state index contributed by atoms with van der Waals surface area (Å²) in [5, 5.41) is 8.86. The van der Waals surface area contributed by atoms with Crippen LogP contribution in [-0.2, 0) is 16.6 Å². The number of para-hydroxylation sites is 1. The molecule has 0 saturated heterocycles. The van der Waals surface area contributed by atoms with Crippen molar-refractivity contribution in [2.75, 3.05) is 5.32 Å². The molecule has 1 unspecified atom stereocenters. The Labute approximate surface area is 185 Å². The normalized spacial score (nSPS) is 12.0. The van der Waals surface area contributed by atoms with Gasteiger partial charge in [0.05, 0.1) is 27.2 Å². The molecule has 3 heterocycles. The Kier molecular flexibility index (Phi) is 5.70. The third-order valence-corrected chi connectivity index (χ3v) is 5.72. The van der Waals surface area contributed by atoms with Crippen LogP contribution in [0.3, 0.4) is 0 Å². The fraction of sp³-hybridized carbons (Fsp3) is 0.182. The number of aryl methyl sites for hydroxylation is 2. The summed E-state index contributed by atoms with van der Waals surface area (Å²) >= 11 is 1.46. The average Bonchev–Trinajstić information content (AvgIpc) is 3.38. The SMILES string of the molecule is Cc1nn(C)c2nc(-c3cccs3)cc(C(=O)OC(C)C(=O)Nc3c(F)cccc3F)c12. The quantitative estimate of drug-likeness (QED) is 0.448. The second-order valence-corrected chi connectivity index (χ2v) is 8.02. The Hall–Kier alpha value is -3.66. The summed E-state index contributed by atoms with van der Waals surface area (Å²) in [6, 6.07) is 8.54. The lowest BCUT2D eigenvalue weighted by molar-refractivity contribution is -0.123. The summed E-state index contributed by atoms with van der Waals surface area (Å²) in [5.74, 6) is -3.50. The predicted octanol–water partition coefficient (Wildman–Crippen LogP) is 4.47. The lowest BCUT2D eigenvalue weighted by atomic mass is 10.1. The van der Waals surface area contributed by atoms with Gasteiger partial charge in [0.15, 0.2) is 11.8 Å². The van der Waals surface area contributed by atoms with Gasteiger partial charge >= 0.3 is 5.97 Å². The Morgan fingerprint density at radius 1 is 1.19 bits per heavy atom. The summed E-state index contributed by atoms with van der Waals surface area (Å²) in [7, 11) is 1.72. The molecule has 0 spiro atoms. The summed E-state index contributed by atoms with van der Waals surface area (Å²) in [4.78, 5) is 30.9. The number of carbonyl (C=O) groups excluding carboxylic acids is 2. The minimum Gasteiger partial charge on any atom is -0.449 e. The average molecular weight is 456 g/mol. The highest BCUT2D eigenvalue weighted by atomic mass is 32.1. The highest BCUT2D eigenvalue weighted by Gasteiger charge is 2.25. The first kappa shape index (κ1) is 21.6. The molecule has 1 N–H and O–H groups in total. The first-order valence-corrected chi connectivity index (χ1v) is 10.5. The number of carbonyl (C=O) groups is 2. The lowest BCUT2D eigenvalue weighted by Crippen LogP contribution is -2.30. The molecule has 3 aromatic heterocycles. The summed E-state index contributed by atoms with van der Waals surface area (Å²) in [6.45, 7) is 3.06. The van der Waals surface area contributed by atoms with Crippen molar-refractivity contribution in [3.8, 4) is 10.6 Å². The van der Waals surface area contributed by atoms with Crippen molar-refractivity contribution >= 4 is 39.9 Å². The Morgan fingerprint density at radius 3 is 2.56 bits per heavy atom. The molecule has 0 fully saturated rings. The summed E-state index contributed by atoms with van der Waals surface area (Å²) in [5.41, 5.74) is 1.22. The Morgan fingerprint density at radius 2 is 1.91 bits per heavy atom. The van der Waals surface area contributed by atoms with E-state index in [4.69, 9.17) is 4.74 Å². The van der Waals surface area contributed by atoms with E-state index in [9.17, 15) is 18.4 Å². The first-order chi connectivity index (χ1) is 15.3. The molecule has 164 valence electrons. The smallest absolute Gasteiger partial charge is 0.339 e. The van der Waals surface area contributed by atoms with Gasteiger partial charge < -0.3 is 10.1 Å². The third kappa shape index (κ3) is 3.96. The first-order valence-electron chi connectivity index (χ1n) is 9.60. The second-order valence-electron chi connectivity index (χ2n) is 7.07. The van der Waals surface area contributed by atoms with E-state index in [1.807, 2.05) is 17.5 Å². The molecule has 0 bridgehead atoms. The zero-order valence-corrected chi connectivity index (χ0v) is 18.2. The van der Waals surface area contributed by atoms with Crippen molar-refractivity contribution in [1.82, 2.24) is 14.8 Å². The van der Waals surface area contributed by atoms with E-state index in [1.165, 1.54) is 24.3 Å². The van der Waals surface area contributed by atoms with Crippen molar-refractivity contribution in [1.29, 1.82) is 0 Å². The highest BCUT2D eigenvalue weighted by molar-refractivity contribution is 7.13. The van der Waals surface area contributed by atoms with E-state index in [0.29, 0.717) is 22.4 Å². The molecule has 0 saturated carbocycles. The number of aromatic nitrogens is 3. The van der Waals surface area contributed by atoms with Gasteiger partial charge in [-0.15, -0.1) is 11.3 Å². The monoisotopic (exact) mass is 456 g/mol. The molecule has 0 radical (unpaired) electrons. The number of halogens is 2. The fourth-order valence-corrected chi connectivity index (χ4v) is 3.96. The maximum atomic E-state index is 13.8. The Bertz CT molecular complexity index is 1310. The topological polar surface area (TPSA) is 86.1 Å². The molecule has 0 aliphatic rings. The predicted molar refractivity (Wildman–Crippen MR) is 116 cm³/mol. The summed E-state index contributed by atoms with van der Waals surface area (Å²) in [6.07, 6.45) is -1.31. The zero-order valence-electron chi connectivity index (χ0n) is 17.3. The van der Waals surface area contributed by atoms with Crippen LogP contribution in [0.1, 0.15) is 23.0 Å². The molecular formula is C22H18F2N4O3S. The number of pyridine rings is 1. The molecule has 1 amide bonds. The van der Waals surface area contributed by atoms with Gasteiger partial charge in [0.1, 0.15) is 17.3 Å². The van der Waals surface area contributed by atoms with Crippen LogP contribution in [0, 0.1) is 18.6 Å². The van der Waals surface area contributed by atoms with Crippen LogP contribution >= 0.6 is 11.3 Å². The number of fused-ring (bicyclic) bond motifs is 1. The Balaban J connectivity index is 1.64. The van der Waals surface area contributed by atoms with Crippen molar-refractivity contribution in [2.45, 2.75) is 20.0 Å². The van der Waals surface area contributed by atoms with Crippen LogP contribution in [0.25, 0.3) is 21.6 Å². The number of anilines is 1. The molecule has 10 heteroatoms. The molecular weight excluding hydrogens is 438 g/mol. The maximum absolute atomic E-state index is 13.8. The van der Waals surface area contributed by atoms with Crippen molar-refractivity contribution in [3.63, 3.8) is 0 Å². The lowest BCUT2D eigenvalue weighted by Gasteiger charge is -2.15. The molecule has 7 nitrogen and oxygen atoms in total. The number of hydrogen-bond acceptors (Lipinski definition) is 6. The van der Waals surface area contributed by atoms with Crippen molar-refractivity contribution in [3.05, 3.63) is 64.7 Å². The van der Waals surface area contributed by atoms with Gasteiger partial charge in [0, 0.05) is 7.05 Å². The maximum Gasteiger partial charge on any atom is 0.339 e. The van der Waals surface area contributed by atoms with Gasteiger partial charge in [-0.1, -0.05) is 12.1 Å². The molecule has 4 rings (SSSR count). The van der Waals surface area contributed by atoms with Gasteiger partial charge in [-0.2, -0.15) is 5.10 Å². The highest BCUT2D eigenvalue weighted by Crippen LogP contribution is 2.30. The van der Waals surface area contributed by atoms with E-state index in [-0.39, 0.29) is 5.56 Å². The molecule has 32 heavy (non-hydrogen) atoms. The van der Waals surface area contributed by atoms with Gasteiger partial charge in [0.25, 0.3) is 5.91 Å². The van der Waals surface area contributed by atoms with Crippen LogP contribution in [0.4, 0.5) is 14.5 Å².